The first kappa shape index (κ1) is 19.6. The smallest absolute Gasteiger partial charge is 0.115 e. The summed E-state index contributed by atoms with van der Waals surface area (Å²) in [7, 11) is 0. The summed E-state index contributed by atoms with van der Waals surface area (Å²) >= 11 is 0. The van der Waals surface area contributed by atoms with Crippen molar-refractivity contribution in [3.8, 4) is 5.75 Å². The quantitative estimate of drug-likeness (QED) is 0.874. The van der Waals surface area contributed by atoms with Crippen LogP contribution in [0.2, 0.25) is 0 Å². The lowest BCUT2D eigenvalue weighted by atomic mass is 9.80. The fourth-order valence-corrected chi connectivity index (χ4v) is 3.90. The van der Waals surface area contributed by atoms with Crippen LogP contribution >= 0.6 is 24.8 Å². The lowest BCUT2D eigenvalue weighted by molar-refractivity contribution is 0.103. The van der Waals surface area contributed by atoms with E-state index in [1.54, 1.807) is 6.07 Å². The molecule has 126 valence electrons. The molecule has 1 saturated carbocycles. The summed E-state index contributed by atoms with van der Waals surface area (Å²) in [5, 5.41) is 13.3. The third kappa shape index (κ3) is 4.76. The average Bonchev–Trinajstić information content (AvgIpc) is 2.50. The number of benzene rings is 1. The first-order chi connectivity index (χ1) is 9.84. The van der Waals surface area contributed by atoms with Gasteiger partial charge in [-0.15, -0.1) is 24.8 Å². The van der Waals surface area contributed by atoms with Crippen LogP contribution in [0.15, 0.2) is 24.3 Å². The summed E-state index contributed by atoms with van der Waals surface area (Å²) in [6.07, 6.45) is 6.80. The van der Waals surface area contributed by atoms with E-state index in [0.29, 0.717) is 11.8 Å². The van der Waals surface area contributed by atoms with Crippen molar-refractivity contribution in [2.75, 3.05) is 26.2 Å². The third-order valence-electron chi connectivity index (χ3n) is 4.85. The van der Waals surface area contributed by atoms with E-state index in [0.717, 1.165) is 32.1 Å². The van der Waals surface area contributed by atoms with Gasteiger partial charge >= 0.3 is 0 Å². The summed E-state index contributed by atoms with van der Waals surface area (Å²) < 4.78 is 0. The maximum atomic E-state index is 9.83. The number of nitrogens with zero attached hydrogens (tertiary/aromatic N) is 1. The molecule has 0 radical (unpaired) electrons. The van der Waals surface area contributed by atoms with Crippen LogP contribution in [0, 0.1) is 5.92 Å². The summed E-state index contributed by atoms with van der Waals surface area (Å²) in [4.78, 5) is 2.63. The second kappa shape index (κ2) is 9.61. The fraction of sp³-hybridized carbons (Fsp3) is 0.647. The van der Waals surface area contributed by atoms with Crippen molar-refractivity contribution >= 4 is 24.8 Å². The Hall–Kier alpha value is -0.480. The van der Waals surface area contributed by atoms with Gasteiger partial charge in [-0.05, 0) is 36.5 Å². The molecule has 2 N–H and O–H groups in total. The van der Waals surface area contributed by atoms with Gasteiger partial charge in [0.15, 0.2) is 0 Å². The molecule has 22 heavy (non-hydrogen) atoms. The zero-order valence-electron chi connectivity index (χ0n) is 13.0. The number of hydrogen-bond donors (Lipinski definition) is 2. The van der Waals surface area contributed by atoms with E-state index < -0.39 is 0 Å². The first-order valence-electron chi connectivity index (χ1n) is 8.08. The molecule has 1 aromatic rings. The SMILES string of the molecule is Cl.Cl.Oc1cccc([C@H](C2CCCCC2)N2CCNCC2)c1. The number of phenolic OH excluding ortho intramolecular Hbond substituents is 1. The van der Waals surface area contributed by atoms with Crippen LogP contribution < -0.4 is 5.32 Å². The first-order valence-corrected chi connectivity index (χ1v) is 8.08. The molecule has 1 aliphatic heterocycles. The van der Waals surface area contributed by atoms with Crippen molar-refractivity contribution in [3.63, 3.8) is 0 Å². The summed E-state index contributed by atoms with van der Waals surface area (Å²) in [5.74, 6) is 1.15. The highest BCUT2D eigenvalue weighted by molar-refractivity contribution is 5.85. The molecule has 1 aromatic carbocycles. The van der Waals surface area contributed by atoms with Gasteiger partial charge < -0.3 is 10.4 Å². The maximum absolute atomic E-state index is 9.83. The minimum Gasteiger partial charge on any atom is -0.508 e. The van der Waals surface area contributed by atoms with Gasteiger partial charge in [0.1, 0.15) is 5.75 Å². The maximum Gasteiger partial charge on any atom is 0.115 e. The number of nitrogens with one attached hydrogen (secondary N) is 1. The minimum absolute atomic E-state index is 0. The van der Waals surface area contributed by atoms with Gasteiger partial charge in [0, 0.05) is 32.2 Å². The van der Waals surface area contributed by atoms with E-state index in [-0.39, 0.29) is 24.8 Å². The number of phenols is 1. The summed E-state index contributed by atoms with van der Waals surface area (Å²) in [6.45, 7) is 4.41. The number of aromatic hydroxyl groups is 1. The Kier molecular flexibility index (Phi) is 8.55. The molecule has 0 unspecified atom stereocenters. The molecule has 0 spiro atoms. The van der Waals surface area contributed by atoms with E-state index in [1.165, 1.54) is 37.7 Å². The molecule has 3 rings (SSSR count). The second-order valence-corrected chi connectivity index (χ2v) is 6.22. The molecule has 5 heteroatoms. The highest BCUT2D eigenvalue weighted by atomic mass is 35.5. The van der Waals surface area contributed by atoms with Crippen LogP contribution in [-0.2, 0) is 0 Å². The monoisotopic (exact) mass is 346 g/mol. The predicted molar refractivity (Wildman–Crippen MR) is 96.4 cm³/mol. The molecule has 0 aromatic heterocycles. The third-order valence-corrected chi connectivity index (χ3v) is 4.85. The molecule has 0 bridgehead atoms. The van der Waals surface area contributed by atoms with Crippen LogP contribution in [0.1, 0.15) is 43.7 Å². The topological polar surface area (TPSA) is 35.5 Å². The highest BCUT2D eigenvalue weighted by Gasteiger charge is 2.30. The van der Waals surface area contributed by atoms with Gasteiger partial charge in [-0.3, -0.25) is 4.90 Å². The standard InChI is InChI=1S/C17H26N2O.2ClH/c20-16-8-4-7-15(13-16)17(14-5-2-1-3-6-14)19-11-9-18-10-12-19;;/h4,7-8,13-14,17-18,20H,1-3,5-6,9-12H2;2*1H/t17-;;/m0../s1. The van der Waals surface area contributed by atoms with E-state index in [9.17, 15) is 5.11 Å². The van der Waals surface area contributed by atoms with E-state index in [1.807, 2.05) is 12.1 Å². The van der Waals surface area contributed by atoms with Gasteiger partial charge in [0.05, 0.1) is 0 Å². The molecule has 1 aliphatic carbocycles. The van der Waals surface area contributed by atoms with Gasteiger partial charge in [0.25, 0.3) is 0 Å². The lowest BCUT2D eigenvalue weighted by Gasteiger charge is -2.41. The molecule has 1 heterocycles. The molecule has 2 fully saturated rings. The molecular formula is C17H28Cl2N2O. The Morgan fingerprint density at radius 2 is 1.73 bits per heavy atom. The van der Waals surface area contributed by atoms with Crippen molar-refractivity contribution in [1.29, 1.82) is 0 Å². The Balaban J connectivity index is 0.00000121. The van der Waals surface area contributed by atoms with Crippen LogP contribution in [0.25, 0.3) is 0 Å². The molecule has 3 nitrogen and oxygen atoms in total. The van der Waals surface area contributed by atoms with Crippen molar-refractivity contribution in [2.45, 2.75) is 38.1 Å². The Labute approximate surface area is 146 Å². The fourth-order valence-electron chi connectivity index (χ4n) is 3.90. The van der Waals surface area contributed by atoms with Gasteiger partial charge in [0.2, 0.25) is 0 Å². The summed E-state index contributed by atoms with van der Waals surface area (Å²) in [5.41, 5.74) is 1.30. The Morgan fingerprint density at radius 3 is 2.36 bits per heavy atom. The molecular weight excluding hydrogens is 319 g/mol. The minimum atomic E-state index is 0. The van der Waals surface area contributed by atoms with Gasteiger partial charge in [-0.1, -0.05) is 31.4 Å². The van der Waals surface area contributed by atoms with Crippen LogP contribution in [0.3, 0.4) is 0 Å². The zero-order chi connectivity index (χ0) is 13.8. The van der Waals surface area contributed by atoms with Crippen molar-refractivity contribution in [3.05, 3.63) is 29.8 Å². The second-order valence-electron chi connectivity index (χ2n) is 6.22. The van der Waals surface area contributed by atoms with Crippen LogP contribution in [0.5, 0.6) is 5.75 Å². The highest BCUT2D eigenvalue weighted by Crippen LogP contribution is 2.39. The van der Waals surface area contributed by atoms with Crippen LogP contribution in [-0.4, -0.2) is 36.2 Å². The summed E-state index contributed by atoms with van der Waals surface area (Å²) in [6, 6.07) is 8.43. The Morgan fingerprint density at radius 1 is 1.05 bits per heavy atom. The molecule has 1 atom stereocenters. The van der Waals surface area contributed by atoms with Gasteiger partial charge in [-0.2, -0.15) is 0 Å². The van der Waals surface area contributed by atoms with E-state index in [2.05, 4.69) is 16.3 Å². The van der Waals surface area contributed by atoms with Crippen molar-refractivity contribution in [1.82, 2.24) is 10.2 Å². The van der Waals surface area contributed by atoms with Crippen molar-refractivity contribution < 1.29 is 5.11 Å². The van der Waals surface area contributed by atoms with Crippen LogP contribution in [0.4, 0.5) is 0 Å². The molecule has 1 saturated heterocycles. The number of hydrogen-bond acceptors (Lipinski definition) is 3. The van der Waals surface area contributed by atoms with Crippen molar-refractivity contribution in [2.24, 2.45) is 5.92 Å². The zero-order valence-corrected chi connectivity index (χ0v) is 14.7. The largest absolute Gasteiger partial charge is 0.508 e. The normalized spacial score (nSPS) is 21.5. The lowest BCUT2D eigenvalue weighted by Crippen LogP contribution is -2.47. The number of rotatable bonds is 3. The number of halogens is 2. The number of piperazine rings is 1. The average molecular weight is 347 g/mol. The van der Waals surface area contributed by atoms with E-state index >= 15 is 0 Å². The van der Waals surface area contributed by atoms with E-state index in [4.69, 9.17) is 0 Å². The predicted octanol–water partition coefficient (Wildman–Crippen LogP) is 3.76. The molecule has 2 aliphatic rings. The Bertz CT molecular complexity index is 414. The van der Waals surface area contributed by atoms with Gasteiger partial charge in [-0.25, -0.2) is 0 Å². The molecule has 0 amide bonds.